The molecule has 0 spiro atoms. The normalized spacial score (nSPS) is 23.3. The molecule has 4 atom stereocenters. The van der Waals surface area contributed by atoms with Crippen molar-refractivity contribution in [3.63, 3.8) is 0 Å². The third-order valence-corrected chi connectivity index (χ3v) is 8.70. The zero-order valence-corrected chi connectivity index (χ0v) is 22.7. The van der Waals surface area contributed by atoms with Crippen molar-refractivity contribution in [2.75, 3.05) is 12.4 Å². The molecular weight excluding hydrogens is 522 g/mol. The molecule has 0 aliphatic carbocycles. The molecule has 12 nitrogen and oxygen atoms in total. The average molecular weight is 559 g/mol. The fraction of sp³-hybridized carbons (Fsp3) is 0.700. The number of aliphatic carboxylic acids is 1. The molecule has 0 aromatic carbocycles. The number of carboxylic acid groups (broad SMARTS) is 1. The summed E-state index contributed by atoms with van der Waals surface area (Å²) in [5, 5.41) is 14.8. The molecule has 2 saturated heterocycles. The lowest BCUT2D eigenvalue weighted by Crippen LogP contribution is -2.36. The predicted molar refractivity (Wildman–Crippen MR) is 133 cm³/mol. The maximum Gasteiger partial charge on any atom is 0.481 e. The Morgan fingerprint density at radius 3 is 2.40 bits per heavy atom. The highest BCUT2D eigenvalue weighted by Gasteiger charge is 2.42. The lowest BCUT2D eigenvalue weighted by atomic mass is 10.0. The summed E-state index contributed by atoms with van der Waals surface area (Å²) in [4.78, 5) is 47.2. The highest BCUT2D eigenvalue weighted by Crippen LogP contribution is 2.57. The van der Waals surface area contributed by atoms with E-state index in [9.17, 15) is 18.7 Å². The van der Waals surface area contributed by atoms with Crippen LogP contribution in [0.4, 0.5) is 4.79 Å². The van der Waals surface area contributed by atoms with Gasteiger partial charge in [-0.2, -0.15) is 16.1 Å². The van der Waals surface area contributed by atoms with Crippen LogP contribution in [0.3, 0.4) is 0 Å². The molecule has 1 unspecified atom stereocenters. The van der Waals surface area contributed by atoms with E-state index in [2.05, 4.69) is 25.5 Å². The molecular formula is C20H36N2O10P2S. The van der Waals surface area contributed by atoms with Crippen molar-refractivity contribution in [1.29, 1.82) is 0 Å². The predicted octanol–water partition coefficient (Wildman–Crippen LogP) is 3.70. The molecule has 6 N–H and O–H groups in total. The third-order valence-electron chi connectivity index (χ3n) is 5.04. The van der Waals surface area contributed by atoms with Gasteiger partial charge in [0.1, 0.15) is 0 Å². The SMILES string of the molecule is CC(C)=CCC/C(C)=C/COP(=O)(O)OP(=O)(O)O.O=C(O)CCCC[C@@H]1SC[C@@H]2NC(=O)N[C@@H]21. The summed E-state index contributed by atoms with van der Waals surface area (Å²) in [6.07, 6.45) is 8.12. The van der Waals surface area contributed by atoms with Gasteiger partial charge in [0.25, 0.3) is 0 Å². The van der Waals surface area contributed by atoms with E-state index in [4.69, 9.17) is 19.8 Å². The molecule has 0 aromatic rings. The minimum absolute atomic E-state index is 0.0640. The van der Waals surface area contributed by atoms with Crippen molar-refractivity contribution in [1.82, 2.24) is 10.6 Å². The van der Waals surface area contributed by atoms with Crippen LogP contribution in [0.5, 0.6) is 0 Å². The summed E-state index contributed by atoms with van der Waals surface area (Å²) in [5.41, 5.74) is 2.15. The zero-order chi connectivity index (χ0) is 26.6. The van der Waals surface area contributed by atoms with Crippen LogP contribution in [0.1, 0.15) is 59.3 Å². The van der Waals surface area contributed by atoms with Crippen molar-refractivity contribution in [3.8, 4) is 0 Å². The van der Waals surface area contributed by atoms with Gasteiger partial charge in [-0.15, -0.1) is 0 Å². The van der Waals surface area contributed by atoms with Crippen molar-refractivity contribution in [2.45, 2.75) is 76.6 Å². The van der Waals surface area contributed by atoms with E-state index in [0.717, 1.165) is 43.4 Å². The fourth-order valence-electron chi connectivity index (χ4n) is 3.39. The summed E-state index contributed by atoms with van der Waals surface area (Å²) >= 11 is 1.87. The summed E-state index contributed by atoms with van der Waals surface area (Å²) in [7, 11) is -9.78. The summed E-state index contributed by atoms with van der Waals surface area (Å²) in [6, 6.07) is 0.440. The van der Waals surface area contributed by atoms with Crippen LogP contribution in [-0.2, 0) is 22.8 Å². The van der Waals surface area contributed by atoms with Gasteiger partial charge in [-0.05, 0) is 46.5 Å². The molecule has 0 saturated carbocycles. The molecule has 2 aliphatic rings. The number of carbonyl (C=O) groups excluding carboxylic acids is 1. The van der Waals surface area contributed by atoms with Gasteiger partial charge in [0, 0.05) is 17.4 Å². The zero-order valence-electron chi connectivity index (χ0n) is 20.1. The summed E-state index contributed by atoms with van der Waals surface area (Å²) < 4.78 is 29.5. The number of thioether (sulfide) groups is 1. The van der Waals surface area contributed by atoms with Gasteiger partial charge in [-0.25, -0.2) is 13.9 Å². The Kier molecular flexibility index (Phi) is 13.8. The Hall–Kier alpha value is -1.17. The molecule has 0 radical (unpaired) electrons. The molecule has 202 valence electrons. The second-order valence-corrected chi connectivity index (χ2v) is 12.6. The van der Waals surface area contributed by atoms with Crippen LogP contribution >= 0.6 is 27.4 Å². The summed E-state index contributed by atoms with van der Waals surface area (Å²) in [6.45, 7) is 5.55. The first-order valence-electron chi connectivity index (χ1n) is 11.1. The van der Waals surface area contributed by atoms with Crippen molar-refractivity contribution < 1.29 is 47.3 Å². The van der Waals surface area contributed by atoms with E-state index < -0.39 is 21.6 Å². The Morgan fingerprint density at radius 2 is 1.80 bits per heavy atom. The number of nitrogens with one attached hydrogen (secondary N) is 2. The Balaban J connectivity index is 0.000000353. The van der Waals surface area contributed by atoms with E-state index in [1.165, 1.54) is 5.57 Å². The van der Waals surface area contributed by atoms with Crippen LogP contribution < -0.4 is 10.6 Å². The topological polar surface area (TPSA) is 192 Å². The third kappa shape index (κ3) is 14.9. The van der Waals surface area contributed by atoms with Crippen molar-refractivity contribution >= 4 is 39.4 Å². The molecule has 35 heavy (non-hydrogen) atoms. The molecule has 2 amide bonds. The molecule has 0 bridgehead atoms. The summed E-state index contributed by atoms with van der Waals surface area (Å²) in [5.74, 6) is 0.236. The van der Waals surface area contributed by atoms with Crippen molar-refractivity contribution in [3.05, 3.63) is 23.3 Å². The highest BCUT2D eigenvalue weighted by atomic mass is 32.2. The molecule has 2 heterocycles. The number of hydrogen-bond acceptors (Lipinski definition) is 7. The average Bonchev–Trinajstić information content (AvgIpc) is 3.22. The number of amides is 2. The van der Waals surface area contributed by atoms with Gasteiger partial charge in [0.2, 0.25) is 0 Å². The van der Waals surface area contributed by atoms with Gasteiger partial charge in [0.05, 0.1) is 18.7 Å². The van der Waals surface area contributed by atoms with Crippen LogP contribution in [0.15, 0.2) is 23.3 Å². The van der Waals surface area contributed by atoms with Gasteiger partial charge in [0.15, 0.2) is 0 Å². The first-order valence-corrected chi connectivity index (χ1v) is 15.2. The minimum atomic E-state index is -5.05. The van der Waals surface area contributed by atoms with Gasteiger partial charge < -0.3 is 30.4 Å². The number of unbranched alkanes of at least 4 members (excludes halogenated alkanes) is 1. The second-order valence-electron chi connectivity index (χ2n) is 8.47. The van der Waals surface area contributed by atoms with E-state index in [0.29, 0.717) is 5.25 Å². The maximum absolute atomic E-state index is 11.1. The van der Waals surface area contributed by atoms with E-state index in [-0.39, 0.29) is 31.1 Å². The van der Waals surface area contributed by atoms with Crippen LogP contribution in [0.25, 0.3) is 0 Å². The van der Waals surface area contributed by atoms with Crippen LogP contribution in [0, 0.1) is 0 Å². The fourth-order valence-corrected chi connectivity index (χ4v) is 6.46. The number of urea groups is 1. The van der Waals surface area contributed by atoms with Gasteiger partial charge >= 0.3 is 27.6 Å². The second kappa shape index (κ2) is 15.2. The number of fused-ring (bicyclic) bond motifs is 1. The monoisotopic (exact) mass is 558 g/mol. The number of phosphoric ester groups is 1. The Bertz CT molecular complexity index is 872. The number of phosphoric acid groups is 2. The smallest absolute Gasteiger partial charge is 0.481 e. The number of rotatable bonds is 13. The quantitative estimate of drug-likeness (QED) is 0.0836. The first-order chi connectivity index (χ1) is 16.2. The van der Waals surface area contributed by atoms with Crippen LogP contribution in [-0.4, -0.2) is 61.5 Å². The largest absolute Gasteiger partial charge is 0.481 e. The Labute approximate surface area is 209 Å². The van der Waals surface area contributed by atoms with E-state index in [1.54, 1.807) is 6.08 Å². The number of allylic oxidation sites excluding steroid dienone is 3. The van der Waals surface area contributed by atoms with Gasteiger partial charge in [-0.1, -0.05) is 29.7 Å². The highest BCUT2D eigenvalue weighted by molar-refractivity contribution is 8.00. The molecule has 0 aromatic heterocycles. The van der Waals surface area contributed by atoms with E-state index in [1.807, 2.05) is 32.5 Å². The maximum atomic E-state index is 11.1. The lowest BCUT2D eigenvalue weighted by molar-refractivity contribution is -0.137. The first kappa shape index (κ1) is 31.9. The van der Waals surface area contributed by atoms with Crippen molar-refractivity contribution in [2.24, 2.45) is 0 Å². The minimum Gasteiger partial charge on any atom is -0.481 e. The molecule has 2 aliphatic heterocycles. The van der Waals surface area contributed by atoms with Crippen LogP contribution in [0.2, 0.25) is 0 Å². The Morgan fingerprint density at radius 1 is 1.11 bits per heavy atom. The molecule has 2 fully saturated rings. The molecule has 2 rings (SSSR count). The molecule has 15 heteroatoms. The number of carboxylic acids is 1. The number of hydrogen-bond donors (Lipinski definition) is 6. The standard InChI is InChI=1S/C10H16N2O3S.C10H20O7P2/c13-8(14)4-2-1-3-7-9-6(5-16-7)11-10(15)12-9;1-9(2)5-4-6-10(3)7-8-16-19(14,15)17-18(11,12)13/h6-7,9H,1-5H2,(H,13,14)(H2,11,12,15);5,7H,4,6,8H2,1-3H3,(H,14,15)(H2,11,12,13)/b;10-7+/t6-,7-,9-;/m0./s1. The lowest BCUT2D eigenvalue weighted by Gasteiger charge is -2.16. The number of carbonyl (C=O) groups is 2. The van der Waals surface area contributed by atoms with Gasteiger partial charge in [-0.3, -0.25) is 9.32 Å². The van der Waals surface area contributed by atoms with E-state index >= 15 is 0 Å².